The van der Waals surface area contributed by atoms with Gasteiger partial charge in [-0.25, -0.2) is 0 Å². The third kappa shape index (κ3) is 14.1. The molecule has 110 valence electrons. The lowest BCUT2D eigenvalue weighted by molar-refractivity contribution is 0.409. The molecular weight excluding hydrogens is 216 g/mol. The van der Waals surface area contributed by atoms with Crippen LogP contribution in [0.3, 0.4) is 0 Å². The third-order valence-corrected chi connectivity index (χ3v) is 4.04. The molecule has 0 aliphatic rings. The van der Waals surface area contributed by atoms with Crippen molar-refractivity contribution in [1.29, 1.82) is 0 Å². The summed E-state index contributed by atoms with van der Waals surface area (Å²) < 4.78 is 0. The Bertz CT molecular complexity index is 148. The van der Waals surface area contributed by atoms with Gasteiger partial charge in [-0.2, -0.15) is 0 Å². The summed E-state index contributed by atoms with van der Waals surface area (Å²) in [7, 11) is 0. The lowest BCUT2D eigenvalue weighted by Gasteiger charge is -2.12. The van der Waals surface area contributed by atoms with Crippen molar-refractivity contribution in [2.24, 2.45) is 11.8 Å². The summed E-state index contributed by atoms with van der Waals surface area (Å²) in [5, 5.41) is 0. The molecule has 0 radical (unpaired) electrons. The SMILES string of the molecule is CCCCCCCCCCCC(C)CCC(C)C. The van der Waals surface area contributed by atoms with Crippen LogP contribution < -0.4 is 0 Å². The number of hydrogen-bond acceptors (Lipinski definition) is 0. The monoisotopic (exact) mass is 254 g/mol. The first-order valence-corrected chi connectivity index (χ1v) is 8.66. The first-order chi connectivity index (χ1) is 8.66. The molecule has 0 aromatic rings. The highest BCUT2D eigenvalue weighted by Gasteiger charge is 2.03. The first kappa shape index (κ1) is 18.0. The van der Waals surface area contributed by atoms with Crippen molar-refractivity contribution in [3.63, 3.8) is 0 Å². The quantitative estimate of drug-likeness (QED) is 0.311. The fourth-order valence-electron chi connectivity index (χ4n) is 2.57. The molecular formula is C18H38. The molecule has 0 heterocycles. The molecule has 0 saturated carbocycles. The maximum absolute atomic E-state index is 2.44. The highest BCUT2D eigenvalue weighted by Crippen LogP contribution is 2.18. The van der Waals surface area contributed by atoms with E-state index in [0.29, 0.717) is 0 Å². The van der Waals surface area contributed by atoms with Gasteiger partial charge < -0.3 is 0 Å². The summed E-state index contributed by atoms with van der Waals surface area (Å²) in [5.41, 5.74) is 0. The second kappa shape index (κ2) is 13.4. The van der Waals surface area contributed by atoms with E-state index in [-0.39, 0.29) is 0 Å². The fourth-order valence-corrected chi connectivity index (χ4v) is 2.57. The van der Waals surface area contributed by atoms with E-state index in [1.54, 1.807) is 0 Å². The van der Waals surface area contributed by atoms with Gasteiger partial charge in [0.05, 0.1) is 0 Å². The van der Waals surface area contributed by atoms with Crippen molar-refractivity contribution in [3.05, 3.63) is 0 Å². The summed E-state index contributed by atoms with van der Waals surface area (Å²) in [4.78, 5) is 0. The Balaban J connectivity index is 3.10. The van der Waals surface area contributed by atoms with Crippen LogP contribution >= 0.6 is 0 Å². The van der Waals surface area contributed by atoms with Crippen LogP contribution in [0.5, 0.6) is 0 Å². The van der Waals surface area contributed by atoms with Crippen LogP contribution in [0, 0.1) is 11.8 Å². The molecule has 0 nitrogen and oxygen atoms in total. The molecule has 0 aliphatic carbocycles. The molecule has 0 aromatic heterocycles. The molecule has 0 aromatic carbocycles. The van der Waals surface area contributed by atoms with Crippen LogP contribution in [0.4, 0.5) is 0 Å². The molecule has 0 rings (SSSR count). The molecule has 0 N–H and O–H groups in total. The van der Waals surface area contributed by atoms with Crippen LogP contribution in [0.2, 0.25) is 0 Å². The summed E-state index contributed by atoms with van der Waals surface area (Å²) >= 11 is 0. The van der Waals surface area contributed by atoms with Crippen LogP contribution in [0.25, 0.3) is 0 Å². The minimum Gasteiger partial charge on any atom is -0.0654 e. The molecule has 0 aliphatic heterocycles. The normalized spacial score (nSPS) is 13.2. The van der Waals surface area contributed by atoms with E-state index < -0.39 is 0 Å². The average molecular weight is 255 g/mol. The van der Waals surface area contributed by atoms with Gasteiger partial charge in [0.2, 0.25) is 0 Å². The summed E-state index contributed by atoms with van der Waals surface area (Å²) in [6.45, 7) is 9.41. The molecule has 0 saturated heterocycles. The van der Waals surface area contributed by atoms with Gasteiger partial charge >= 0.3 is 0 Å². The van der Waals surface area contributed by atoms with Gasteiger partial charge in [0, 0.05) is 0 Å². The van der Waals surface area contributed by atoms with Gasteiger partial charge in [-0.15, -0.1) is 0 Å². The lowest BCUT2D eigenvalue weighted by atomic mass is 9.94. The zero-order valence-electron chi connectivity index (χ0n) is 13.6. The second-order valence-corrected chi connectivity index (χ2v) is 6.69. The Hall–Kier alpha value is 0. The van der Waals surface area contributed by atoms with Crippen molar-refractivity contribution in [1.82, 2.24) is 0 Å². The van der Waals surface area contributed by atoms with E-state index in [4.69, 9.17) is 0 Å². The Labute approximate surface area is 117 Å². The topological polar surface area (TPSA) is 0 Å². The first-order valence-electron chi connectivity index (χ1n) is 8.66. The zero-order valence-corrected chi connectivity index (χ0v) is 13.6. The van der Waals surface area contributed by atoms with E-state index in [1.165, 1.54) is 77.0 Å². The molecule has 0 bridgehead atoms. The number of unbranched alkanes of at least 4 members (excludes halogenated alkanes) is 8. The Morgan fingerprint density at radius 1 is 0.556 bits per heavy atom. The minimum absolute atomic E-state index is 0.885. The third-order valence-electron chi connectivity index (χ3n) is 4.04. The van der Waals surface area contributed by atoms with Crippen molar-refractivity contribution in [2.45, 2.75) is 105 Å². The predicted molar refractivity (Wildman–Crippen MR) is 85.1 cm³/mol. The average Bonchev–Trinajstić information content (AvgIpc) is 2.34. The van der Waals surface area contributed by atoms with Gasteiger partial charge in [-0.05, 0) is 11.8 Å². The molecule has 1 atom stereocenters. The molecule has 0 amide bonds. The Morgan fingerprint density at radius 2 is 1.06 bits per heavy atom. The standard InChI is InChI=1S/C18H38/c1-5-6-7-8-9-10-11-12-13-14-18(4)16-15-17(2)3/h17-18H,5-16H2,1-4H3. The van der Waals surface area contributed by atoms with Crippen molar-refractivity contribution in [3.8, 4) is 0 Å². The van der Waals surface area contributed by atoms with Crippen LogP contribution in [-0.2, 0) is 0 Å². The highest BCUT2D eigenvalue weighted by atomic mass is 14.1. The summed E-state index contributed by atoms with van der Waals surface area (Å²) in [6, 6.07) is 0. The van der Waals surface area contributed by atoms with Crippen molar-refractivity contribution >= 4 is 0 Å². The second-order valence-electron chi connectivity index (χ2n) is 6.69. The van der Waals surface area contributed by atoms with E-state index in [9.17, 15) is 0 Å². The van der Waals surface area contributed by atoms with E-state index >= 15 is 0 Å². The maximum Gasteiger partial charge on any atom is -0.0443 e. The highest BCUT2D eigenvalue weighted by molar-refractivity contribution is 4.56. The smallest absolute Gasteiger partial charge is 0.0443 e. The van der Waals surface area contributed by atoms with Crippen LogP contribution in [0.15, 0.2) is 0 Å². The zero-order chi connectivity index (χ0) is 13.6. The molecule has 0 spiro atoms. The fraction of sp³-hybridized carbons (Fsp3) is 1.00. The number of hydrogen-bond donors (Lipinski definition) is 0. The van der Waals surface area contributed by atoms with E-state index in [1.807, 2.05) is 0 Å². The molecule has 0 fully saturated rings. The predicted octanol–water partition coefficient (Wildman–Crippen LogP) is 6.98. The van der Waals surface area contributed by atoms with Gasteiger partial charge in [0.15, 0.2) is 0 Å². The molecule has 18 heavy (non-hydrogen) atoms. The van der Waals surface area contributed by atoms with Gasteiger partial charge in [0.25, 0.3) is 0 Å². The van der Waals surface area contributed by atoms with Crippen LogP contribution in [0.1, 0.15) is 105 Å². The molecule has 0 heteroatoms. The van der Waals surface area contributed by atoms with Gasteiger partial charge in [-0.3, -0.25) is 0 Å². The Morgan fingerprint density at radius 3 is 1.56 bits per heavy atom. The summed E-state index contributed by atoms with van der Waals surface area (Å²) in [5.74, 6) is 1.84. The largest absolute Gasteiger partial charge is 0.0654 e. The van der Waals surface area contributed by atoms with Gasteiger partial charge in [0.1, 0.15) is 0 Å². The van der Waals surface area contributed by atoms with Crippen LogP contribution in [-0.4, -0.2) is 0 Å². The van der Waals surface area contributed by atoms with Gasteiger partial charge in [-0.1, -0.05) is 105 Å². The van der Waals surface area contributed by atoms with Crippen molar-refractivity contribution < 1.29 is 0 Å². The molecule has 1 unspecified atom stereocenters. The number of rotatable bonds is 13. The minimum atomic E-state index is 0.885. The van der Waals surface area contributed by atoms with E-state index in [0.717, 1.165) is 11.8 Å². The maximum atomic E-state index is 2.44. The summed E-state index contributed by atoms with van der Waals surface area (Å²) in [6.07, 6.45) is 17.4. The van der Waals surface area contributed by atoms with E-state index in [2.05, 4.69) is 27.7 Å². The van der Waals surface area contributed by atoms with Crippen molar-refractivity contribution in [2.75, 3.05) is 0 Å². The lowest BCUT2D eigenvalue weighted by Crippen LogP contribution is -1.98. The Kier molecular flexibility index (Phi) is 13.4.